The summed E-state index contributed by atoms with van der Waals surface area (Å²) < 4.78 is 3.70. The van der Waals surface area contributed by atoms with Crippen molar-refractivity contribution in [2.45, 2.75) is 32.1 Å². The normalized spacial score (nSPS) is 12.1. The van der Waals surface area contributed by atoms with E-state index in [1.165, 1.54) is 5.56 Å². The fourth-order valence-electron chi connectivity index (χ4n) is 1.35. The van der Waals surface area contributed by atoms with E-state index in [1.807, 2.05) is 11.9 Å². The van der Waals surface area contributed by atoms with Crippen LogP contribution in [0.2, 0.25) is 0 Å². The van der Waals surface area contributed by atoms with Crippen LogP contribution in [0.3, 0.4) is 0 Å². The Kier molecular flexibility index (Phi) is 4.68. The highest BCUT2D eigenvalue weighted by molar-refractivity contribution is 9.10. The quantitative estimate of drug-likeness (QED) is 0.762. The highest BCUT2D eigenvalue weighted by atomic mass is 79.9. The van der Waals surface area contributed by atoms with Crippen molar-refractivity contribution in [3.8, 4) is 0 Å². The molecule has 0 fully saturated rings. The van der Waals surface area contributed by atoms with Gasteiger partial charge in [-0.05, 0) is 45.5 Å². The van der Waals surface area contributed by atoms with Gasteiger partial charge in [0.05, 0.1) is 0 Å². The van der Waals surface area contributed by atoms with Gasteiger partial charge in [0.1, 0.15) is 0 Å². The van der Waals surface area contributed by atoms with Crippen molar-refractivity contribution in [1.82, 2.24) is 4.31 Å². The summed E-state index contributed by atoms with van der Waals surface area (Å²) >= 11 is 5.32. The van der Waals surface area contributed by atoms with Gasteiger partial charge >= 0.3 is 0 Å². The van der Waals surface area contributed by atoms with E-state index in [0.29, 0.717) is 0 Å². The zero-order chi connectivity index (χ0) is 11.5. The average molecular weight is 288 g/mol. The minimum absolute atomic E-state index is 0.282. The van der Waals surface area contributed by atoms with Crippen molar-refractivity contribution < 1.29 is 0 Å². The zero-order valence-electron chi connectivity index (χ0n) is 9.75. The third-order valence-electron chi connectivity index (χ3n) is 1.75. The van der Waals surface area contributed by atoms with Gasteiger partial charge in [-0.25, -0.2) is 4.31 Å². The lowest BCUT2D eigenvalue weighted by molar-refractivity contribution is 0.550. The second-order valence-electron chi connectivity index (χ2n) is 4.62. The average Bonchev–Trinajstić information content (AvgIpc) is 2.05. The molecule has 0 atom stereocenters. The Balaban J connectivity index is 2.51. The molecular weight excluding hydrogens is 270 g/mol. The van der Waals surface area contributed by atoms with E-state index >= 15 is 0 Å². The summed E-state index contributed by atoms with van der Waals surface area (Å²) in [6.07, 6.45) is 0. The van der Waals surface area contributed by atoms with Gasteiger partial charge in [0.15, 0.2) is 0 Å². The van der Waals surface area contributed by atoms with E-state index in [1.54, 1.807) is 0 Å². The summed E-state index contributed by atoms with van der Waals surface area (Å²) in [4.78, 5) is 0. The summed E-state index contributed by atoms with van der Waals surface area (Å²) in [6, 6.07) is 8.49. The SMILES string of the molecule is CN(Cc1ccc(Br)cc1)SC(C)(C)C. The molecule has 1 aromatic carbocycles. The zero-order valence-corrected chi connectivity index (χ0v) is 12.2. The molecule has 0 aliphatic heterocycles. The van der Waals surface area contributed by atoms with Gasteiger partial charge in [-0.2, -0.15) is 0 Å². The molecule has 84 valence electrons. The predicted octanol–water partition coefficient (Wildman–Crippen LogP) is 4.33. The Bertz CT molecular complexity index is 302. The van der Waals surface area contributed by atoms with Crippen LogP contribution < -0.4 is 0 Å². The first-order valence-electron chi connectivity index (χ1n) is 5.01. The molecule has 0 saturated carbocycles. The molecule has 3 heteroatoms. The van der Waals surface area contributed by atoms with Crippen LogP contribution >= 0.6 is 27.9 Å². The summed E-state index contributed by atoms with van der Waals surface area (Å²) in [6.45, 7) is 7.68. The van der Waals surface area contributed by atoms with Crippen molar-refractivity contribution in [1.29, 1.82) is 0 Å². The first-order chi connectivity index (χ1) is 6.87. The Labute approximate surface area is 106 Å². The number of hydrogen-bond donors (Lipinski definition) is 0. The number of rotatable bonds is 3. The number of nitrogens with zero attached hydrogens (tertiary/aromatic N) is 1. The maximum Gasteiger partial charge on any atom is 0.0337 e. The summed E-state index contributed by atoms with van der Waals surface area (Å²) in [5.41, 5.74) is 1.34. The topological polar surface area (TPSA) is 3.24 Å². The Hall–Kier alpha value is 0.01000. The van der Waals surface area contributed by atoms with Crippen molar-refractivity contribution in [2.24, 2.45) is 0 Å². The lowest BCUT2D eigenvalue weighted by Gasteiger charge is -2.25. The molecule has 0 aliphatic rings. The van der Waals surface area contributed by atoms with Gasteiger partial charge in [0, 0.05) is 15.8 Å². The molecule has 1 aromatic rings. The molecule has 0 aromatic heterocycles. The second kappa shape index (κ2) is 5.37. The molecule has 15 heavy (non-hydrogen) atoms. The van der Waals surface area contributed by atoms with E-state index in [0.717, 1.165) is 11.0 Å². The van der Waals surface area contributed by atoms with E-state index in [2.05, 4.69) is 72.3 Å². The molecule has 0 bridgehead atoms. The highest BCUT2D eigenvalue weighted by Gasteiger charge is 2.14. The van der Waals surface area contributed by atoms with Crippen LogP contribution in [0.15, 0.2) is 28.7 Å². The van der Waals surface area contributed by atoms with Crippen molar-refractivity contribution in [3.05, 3.63) is 34.3 Å². The van der Waals surface area contributed by atoms with Gasteiger partial charge in [-0.15, -0.1) is 0 Å². The maximum absolute atomic E-state index is 3.44. The van der Waals surface area contributed by atoms with Crippen LogP contribution in [0.1, 0.15) is 26.3 Å². The van der Waals surface area contributed by atoms with Crippen LogP contribution in [0.5, 0.6) is 0 Å². The van der Waals surface area contributed by atoms with Gasteiger partial charge in [0.2, 0.25) is 0 Å². The molecule has 0 radical (unpaired) electrons. The number of halogens is 1. The minimum Gasteiger partial charge on any atom is -0.249 e. The van der Waals surface area contributed by atoms with Crippen LogP contribution in [0.25, 0.3) is 0 Å². The first-order valence-corrected chi connectivity index (χ1v) is 6.58. The maximum atomic E-state index is 3.44. The monoisotopic (exact) mass is 287 g/mol. The lowest BCUT2D eigenvalue weighted by atomic mass is 10.2. The molecule has 0 amide bonds. The largest absolute Gasteiger partial charge is 0.249 e. The van der Waals surface area contributed by atoms with Crippen LogP contribution in [-0.4, -0.2) is 16.1 Å². The first kappa shape index (κ1) is 13.1. The number of hydrogen-bond acceptors (Lipinski definition) is 2. The van der Waals surface area contributed by atoms with Gasteiger partial charge in [0.25, 0.3) is 0 Å². The molecule has 0 saturated heterocycles. The smallest absolute Gasteiger partial charge is 0.0337 e. The lowest BCUT2D eigenvalue weighted by Crippen LogP contribution is -2.19. The molecular formula is C12H18BrNS. The predicted molar refractivity (Wildman–Crippen MR) is 73.0 cm³/mol. The molecule has 0 heterocycles. The van der Waals surface area contributed by atoms with Crippen LogP contribution in [-0.2, 0) is 6.54 Å². The Morgan fingerprint density at radius 3 is 2.20 bits per heavy atom. The molecule has 1 rings (SSSR count). The summed E-state index contributed by atoms with van der Waals surface area (Å²) in [7, 11) is 2.14. The summed E-state index contributed by atoms with van der Waals surface area (Å²) in [5.74, 6) is 0. The summed E-state index contributed by atoms with van der Waals surface area (Å²) in [5, 5.41) is 0. The van der Waals surface area contributed by atoms with Crippen molar-refractivity contribution in [3.63, 3.8) is 0 Å². The molecule has 0 N–H and O–H groups in total. The fraction of sp³-hybridized carbons (Fsp3) is 0.500. The van der Waals surface area contributed by atoms with Gasteiger partial charge in [-0.3, -0.25) is 0 Å². The van der Waals surface area contributed by atoms with E-state index in [4.69, 9.17) is 0 Å². The van der Waals surface area contributed by atoms with E-state index < -0.39 is 0 Å². The van der Waals surface area contributed by atoms with E-state index in [-0.39, 0.29) is 4.75 Å². The number of benzene rings is 1. The highest BCUT2D eigenvalue weighted by Crippen LogP contribution is 2.27. The standard InChI is InChI=1S/C12H18BrNS/c1-12(2,3)15-14(4)9-10-5-7-11(13)8-6-10/h5-8H,9H2,1-4H3. The van der Waals surface area contributed by atoms with Gasteiger partial charge in [-0.1, -0.05) is 40.0 Å². The Morgan fingerprint density at radius 1 is 1.20 bits per heavy atom. The third-order valence-corrected chi connectivity index (χ3v) is 3.27. The van der Waals surface area contributed by atoms with Crippen molar-refractivity contribution >= 4 is 27.9 Å². The minimum atomic E-state index is 0.282. The van der Waals surface area contributed by atoms with E-state index in [9.17, 15) is 0 Å². The molecule has 0 aliphatic carbocycles. The van der Waals surface area contributed by atoms with Crippen molar-refractivity contribution in [2.75, 3.05) is 7.05 Å². The van der Waals surface area contributed by atoms with Crippen LogP contribution in [0.4, 0.5) is 0 Å². The fourth-order valence-corrected chi connectivity index (χ4v) is 2.76. The van der Waals surface area contributed by atoms with Gasteiger partial charge < -0.3 is 0 Å². The molecule has 0 spiro atoms. The molecule has 1 nitrogen and oxygen atoms in total. The molecule has 0 unspecified atom stereocenters. The third kappa shape index (κ3) is 5.59. The van der Waals surface area contributed by atoms with Crippen LogP contribution in [0, 0.1) is 0 Å². The Morgan fingerprint density at radius 2 is 1.73 bits per heavy atom. The second-order valence-corrected chi connectivity index (χ2v) is 7.56.